The van der Waals surface area contributed by atoms with Crippen LogP contribution >= 0.6 is 0 Å². The van der Waals surface area contributed by atoms with E-state index in [0.717, 1.165) is 17.5 Å². The van der Waals surface area contributed by atoms with Gasteiger partial charge in [-0.15, -0.1) is 5.10 Å². The van der Waals surface area contributed by atoms with Crippen LogP contribution in [-0.4, -0.2) is 25.4 Å². The Labute approximate surface area is 113 Å². The van der Waals surface area contributed by atoms with Gasteiger partial charge >= 0.3 is 11.7 Å². The number of halogens is 1. The summed E-state index contributed by atoms with van der Waals surface area (Å²) in [5.74, 6) is -1.45. The normalized spacial score (nSPS) is 14.4. The molecule has 1 saturated carbocycles. The smallest absolute Gasteiger partial charge is 0.347 e. The maximum atomic E-state index is 13.9. The standard InChI is InChI=1S/C13H12FN3O3/c14-10-4-2-1-3-9(10)12-15-16(7-11(18)19)13(20)17(12)8-5-6-8/h1-4,8H,5-7H2,(H,18,19). The lowest BCUT2D eigenvalue weighted by Gasteiger charge is -2.04. The summed E-state index contributed by atoms with van der Waals surface area (Å²) in [5, 5.41) is 12.8. The molecule has 1 aliphatic carbocycles. The number of benzene rings is 1. The number of nitrogens with zero attached hydrogens (tertiary/aromatic N) is 3. The Balaban J connectivity index is 2.17. The van der Waals surface area contributed by atoms with Gasteiger partial charge in [-0.3, -0.25) is 9.36 Å². The van der Waals surface area contributed by atoms with Gasteiger partial charge < -0.3 is 5.11 Å². The van der Waals surface area contributed by atoms with Crippen LogP contribution < -0.4 is 5.69 Å². The number of carbonyl (C=O) groups is 1. The molecule has 0 bridgehead atoms. The van der Waals surface area contributed by atoms with Crippen molar-refractivity contribution >= 4 is 5.97 Å². The first-order valence-electron chi connectivity index (χ1n) is 6.24. The summed E-state index contributed by atoms with van der Waals surface area (Å²) < 4.78 is 16.1. The molecular weight excluding hydrogens is 265 g/mol. The molecule has 0 spiro atoms. The highest BCUT2D eigenvalue weighted by molar-refractivity contribution is 5.66. The molecule has 0 radical (unpaired) electrons. The fourth-order valence-electron chi connectivity index (χ4n) is 2.14. The Morgan fingerprint density at radius 2 is 2.10 bits per heavy atom. The molecule has 1 aliphatic rings. The lowest BCUT2D eigenvalue weighted by molar-refractivity contribution is -0.137. The van der Waals surface area contributed by atoms with E-state index < -0.39 is 24.0 Å². The Bertz CT molecular complexity index is 731. The molecule has 1 fully saturated rings. The molecule has 1 aromatic heterocycles. The van der Waals surface area contributed by atoms with E-state index in [-0.39, 0.29) is 17.4 Å². The van der Waals surface area contributed by atoms with E-state index in [1.54, 1.807) is 12.1 Å². The molecule has 1 heterocycles. The van der Waals surface area contributed by atoms with Crippen molar-refractivity contribution in [2.75, 3.05) is 0 Å². The number of carboxylic acids is 1. The van der Waals surface area contributed by atoms with Crippen LogP contribution in [0.4, 0.5) is 4.39 Å². The minimum absolute atomic E-state index is 0.0142. The minimum Gasteiger partial charge on any atom is -0.480 e. The topological polar surface area (TPSA) is 77.1 Å². The monoisotopic (exact) mass is 277 g/mol. The molecule has 0 amide bonds. The first kappa shape index (κ1) is 12.6. The van der Waals surface area contributed by atoms with Gasteiger partial charge in [0, 0.05) is 6.04 Å². The van der Waals surface area contributed by atoms with Gasteiger partial charge in [-0.1, -0.05) is 12.1 Å². The van der Waals surface area contributed by atoms with Crippen LogP contribution in [0.5, 0.6) is 0 Å². The lowest BCUT2D eigenvalue weighted by Crippen LogP contribution is -2.27. The molecule has 20 heavy (non-hydrogen) atoms. The largest absolute Gasteiger partial charge is 0.480 e. The average Bonchev–Trinajstić information content (AvgIpc) is 3.17. The average molecular weight is 277 g/mol. The second-order valence-electron chi connectivity index (χ2n) is 4.74. The van der Waals surface area contributed by atoms with Crippen LogP contribution in [0.3, 0.4) is 0 Å². The molecule has 2 aromatic rings. The molecule has 3 rings (SSSR count). The van der Waals surface area contributed by atoms with Crippen molar-refractivity contribution in [3.05, 3.63) is 40.6 Å². The van der Waals surface area contributed by atoms with E-state index in [1.165, 1.54) is 16.7 Å². The van der Waals surface area contributed by atoms with Crippen LogP contribution in [0.1, 0.15) is 18.9 Å². The quantitative estimate of drug-likeness (QED) is 0.913. The molecule has 104 valence electrons. The number of hydrogen-bond donors (Lipinski definition) is 1. The van der Waals surface area contributed by atoms with E-state index in [0.29, 0.717) is 0 Å². The fraction of sp³-hybridized carbons (Fsp3) is 0.308. The Morgan fingerprint density at radius 3 is 2.70 bits per heavy atom. The summed E-state index contributed by atoms with van der Waals surface area (Å²) in [6, 6.07) is 6.00. The molecule has 6 nitrogen and oxygen atoms in total. The molecule has 0 aliphatic heterocycles. The van der Waals surface area contributed by atoms with Crippen LogP contribution in [-0.2, 0) is 11.3 Å². The highest BCUT2D eigenvalue weighted by atomic mass is 19.1. The van der Waals surface area contributed by atoms with Gasteiger partial charge in [-0.2, -0.15) is 0 Å². The predicted octanol–water partition coefficient (Wildman–Crippen LogP) is 1.27. The van der Waals surface area contributed by atoms with Gasteiger partial charge in [0.25, 0.3) is 0 Å². The van der Waals surface area contributed by atoms with Gasteiger partial charge in [0.05, 0.1) is 5.56 Å². The third-order valence-corrected chi connectivity index (χ3v) is 3.18. The van der Waals surface area contributed by atoms with E-state index in [9.17, 15) is 14.0 Å². The molecule has 0 atom stereocenters. The second kappa shape index (κ2) is 4.59. The van der Waals surface area contributed by atoms with Crippen molar-refractivity contribution in [1.29, 1.82) is 0 Å². The molecule has 0 unspecified atom stereocenters. The van der Waals surface area contributed by atoms with Crippen molar-refractivity contribution < 1.29 is 14.3 Å². The number of aliphatic carboxylic acids is 1. The Morgan fingerprint density at radius 1 is 1.40 bits per heavy atom. The summed E-state index contributed by atoms with van der Waals surface area (Å²) in [5.41, 5.74) is -0.297. The zero-order valence-corrected chi connectivity index (χ0v) is 10.5. The molecule has 1 aromatic carbocycles. The van der Waals surface area contributed by atoms with E-state index in [2.05, 4.69) is 5.10 Å². The SMILES string of the molecule is O=C(O)Cn1nc(-c2ccccc2F)n(C2CC2)c1=O. The maximum absolute atomic E-state index is 13.9. The zero-order valence-electron chi connectivity index (χ0n) is 10.5. The Kier molecular flexibility index (Phi) is 2.89. The van der Waals surface area contributed by atoms with Crippen LogP contribution in [0.2, 0.25) is 0 Å². The van der Waals surface area contributed by atoms with Crippen molar-refractivity contribution in [2.24, 2.45) is 0 Å². The summed E-state index contributed by atoms with van der Waals surface area (Å²) in [4.78, 5) is 22.9. The van der Waals surface area contributed by atoms with Crippen molar-refractivity contribution in [1.82, 2.24) is 14.3 Å². The van der Waals surface area contributed by atoms with Crippen molar-refractivity contribution in [2.45, 2.75) is 25.4 Å². The first-order valence-corrected chi connectivity index (χ1v) is 6.24. The molecule has 1 N–H and O–H groups in total. The van der Waals surface area contributed by atoms with Gasteiger partial charge in [0.15, 0.2) is 5.82 Å². The third-order valence-electron chi connectivity index (χ3n) is 3.18. The van der Waals surface area contributed by atoms with Gasteiger partial charge in [-0.05, 0) is 25.0 Å². The number of aromatic nitrogens is 3. The van der Waals surface area contributed by atoms with Crippen LogP contribution in [0.25, 0.3) is 11.4 Å². The van der Waals surface area contributed by atoms with Gasteiger partial charge in [0.1, 0.15) is 12.4 Å². The van der Waals surface area contributed by atoms with Crippen molar-refractivity contribution in [3.8, 4) is 11.4 Å². The summed E-state index contributed by atoms with van der Waals surface area (Å²) in [7, 11) is 0. The number of carboxylic acid groups (broad SMARTS) is 1. The highest BCUT2D eigenvalue weighted by Gasteiger charge is 2.31. The summed E-state index contributed by atoms with van der Waals surface area (Å²) >= 11 is 0. The maximum Gasteiger partial charge on any atom is 0.347 e. The van der Waals surface area contributed by atoms with E-state index in [1.807, 2.05) is 0 Å². The minimum atomic E-state index is -1.16. The van der Waals surface area contributed by atoms with Crippen molar-refractivity contribution in [3.63, 3.8) is 0 Å². The van der Waals surface area contributed by atoms with Gasteiger partial charge in [0.2, 0.25) is 0 Å². The summed E-state index contributed by atoms with van der Waals surface area (Å²) in [6.45, 7) is -0.528. The highest BCUT2D eigenvalue weighted by Crippen LogP contribution is 2.36. The fourth-order valence-corrected chi connectivity index (χ4v) is 2.14. The summed E-state index contributed by atoms with van der Waals surface area (Å²) in [6.07, 6.45) is 1.64. The zero-order chi connectivity index (χ0) is 14.3. The second-order valence-corrected chi connectivity index (χ2v) is 4.74. The molecular formula is C13H12FN3O3. The number of hydrogen-bond acceptors (Lipinski definition) is 3. The van der Waals surface area contributed by atoms with Crippen LogP contribution in [0.15, 0.2) is 29.1 Å². The van der Waals surface area contributed by atoms with Crippen LogP contribution in [0, 0.1) is 5.82 Å². The lowest BCUT2D eigenvalue weighted by atomic mass is 10.2. The third kappa shape index (κ3) is 2.11. The van der Waals surface area contributed by atoms with Gasteiger partial charge in [-0.25, -0.2) is 13.9 Å². The molecule has 0 saturated heterocycles. The number of rotatable bonds is 4. The Hall–Kier alpha value is -2.44. The first-order chi connectivity index (χ1) is 9.58. The van der Waals surface area contributed by atoms with E-state index >= 15 is 0 Å². The van der Waals surface area contributed by atoms with E-state index in [4.69, 9.17) is 5.11 Å². The predicted molar refractivity (Wildman–Crippen MR) is 67.8 cm³/mol. The molecule has 7 heteroatoms.